The number of hydrogen-bond acceptors (Lipinski definition) is 6. The fourth-order valence-electron chi connectivity index (χ4n) is 11.2. The van der Waals surface area contributed by atoms with Crippen LogP contribution in [0, 0.1) is 6.92 Å². The highest BCUT2D eigenvalue weighted by molar-refractivity contribution is 7.26. The van der Waals surface area contributed by atoms with Crippen molar-refractivity contribution in [1.82, 2.24) is 0 Å². The molecule has 11 aromatic rings. The molecule has 0 saturated carbocycles. The first-order valence-electron chi connectivity index (χ1n) is 24.1. The van der Waals surface area contributed by atoms with E-state index in [-0.39, 0.29) is 12.1 Å². The summed E-state index contributed by atoms with van der Waals surface area (Å²) in [5.74, 6) is 1.59. The molecule has 332 valence electrons. The van der Waals surface area contributed by atoms with Crippen LogP contribution in [0.3, 0.4) is 0 Å². The van der Waals surface area contributed by atoms with Gasteiger partial charge in [0.1, 0.15) is 0 Å². The molecule has 0 spiro atoms. The first kappa shape index (κ1) is 40.7. The highest BCUT2D eigenvalue weighted by atomic mass is 32.1. The first-order valence-corrected chi connectivity index (χ1v) is 25.7. The van der Waals surface area contributed by atoms with Gasteiger partial charge in [0.25, 0.3) is 6.71 Å². The molecule has 0 fully saturated rings. The average Bonchev–Trinajstić information content (AvgIpc) is 3.84. The van der Waals surface area contributed by atoms with Crippen molar-refractivity contribution in [2.75, 3.05) is 23.0 Å². The van der Waals surface area contributed by atoms with E-state index in [1.54, 1.807) is 0 Å². The summed E-state index contributed by atoms with van der Waals surface area (Å²) in [5.41, 5.74) is 18.2. The summed E-state index contributed by atoms with van der Waals surface area (Å²) < 4.78 is 17.8. The topological polar surface area (TPSA) is 24.9 Å². The zero-order valence-electron chi connectivity index (χ0n) is 39.0. The third-order valence-corrected chi connectivity index (χ3v) is 16.9. The molecule has 0 atom stereocenters. The van der Waals surface area contributed by atoms with Crippen LogP contribution in [0.15, 0.2) is 176 Å². The van der Waals surface area contributed by atoms with Crippen molar-refractivity contribution in [3.63, 3.8) is 0 Å². The van der Waals surface area contributed by atoms with Crippen molar-refractivity contribution in [2.24, 2.45) is 0 Å². The second-order valence-electron chi connectivity index (χ2n) is 20.0. The molecule has 0 aliphatic carbocycles. The van der Waals surface area contributed by atoms with Gasteiger partial charge in [0.15, 0.2) is 11.5 Å². The van der Waals surface area contributed by atoms with Gasteiger partial charge in [0.05, 0.1) is 18.9 Å². The molecule has 7 heteroatoms. The predicted molar refractivity (Wildman–Crippen MR) is 296 cm³/mol. The molecule has 0 N–H and O–H groups in total. The lowest BCUT2D eigenvalue weighted by atomic mass is 9.33. The van der Waals surface area contributed by atoms with Gasteiger partial charge in [-0.05, 0) is 135 Å². The second kappa shape index (κ2) is 15.3. The van der Waals surface area contributed by atoms with Gasteiger partial charge in [-0.2, -0.15) is 0 Å². The van der Waals surface area contributed by atoms with Gasteiger partial charge in [-0.25, -0.2) is 0 Å². The second-order valence-corrected chi connectivity index (χ2v) is 22.1. The summed E-state index contributed by atoms with van der Waals surface area (Å²) in [6, 6.07) is 66.5. The van der Waals surface area contributed by atoms with Crippen LogP contribution in [0.2, 0.25) is 0 Å². The van der Waals surface area contributed by atoms with Crippen molar-refractivity contribution >= 4 is 120 Å². The number of fused-ring (bicyclic) bond motifs is 11. The third-order valence-electron chi connectivity index (χ3n) is 14.6. The molecule has 4 nitrogen and oxygen atoms in total. The van der Waals surface area contributed by atoms with Crippen molar-refractivity contribution in [3.05, 3.63) is 187 Å². The molecule has 3 aliphatic heterocycles. The van der Waals surface area contributed by atoms with Gasteiger partial charge in [0, 0.05) is 81.3 Å². The van der Waals surface area contributed by atoms with Crippen LogP contribution >= 0.6 is 22.7 Å². The number of aryl methyl sites for hydroxylation is 1. The van der Waals surface area contributed by atoms with E-state index in [2.05, 4.69) is 213 Å². The maximum absolute atomic E-state index is 6.36. The summed E-state index contributed by atoms with van der Waals surface area (Å²) in [7, 11) is 0. The Kier molecular flexibility index (Phi) is 9.06. The van der Waals surface area contributed by atoms with E-state index >= 15 is 0 Å². The lowest BCUT2D eigenvalue weighted by molar-refractivity contribution is 0.297. The van der Waals surface area contributed by atoms with Gasteiger partial charge in [-0.3, -0.25) is 0 Å². The fourth-order valence-corrected chi connectivity index (χ4v) is 13.5. The molecule has 69 heavy (non-hydrogen) atoms. The van der Waals surface area contributed by atoms with Gasteiger partial charge in [-0.1, -0.05) is 118 Å². The maximum atomic E-state index is 6.36. The highest BCUT2D eigenvalue weighted by Gasteiger charge is 2.44. The number of rotatable bonds is 4. The molecule has 0 amide bonds. The number of benzene rings is 9. The normalized spacial score (nSPS) is 14.1. The Morgan fingerprint density at radius 1 is 0.449 bits per heavy atom. The number of nitrogens with zero attached hydrogens (tertiary/aromatic N) is 2. The van der Waals surface area contributed by atoms with Gasteiger partial charge >= 0.3 is 0 Å². The Labute approximate surface area is 410 Å². The largest absolute Gasteiger partial charge is 0.490 e. The minimum Gasteiger partial charge on any atom is -0.490 e. The molecule has 9 aromatic carbocycles. The van der Waals surface area contributed by atoms with E-state index in [9.17, 15) is 0 Å². The summed E-state index contributed by atoms with van der Waals surface area (Å²) in [6.07, 6.45) is 0.858. The Bertz CT molecular complexity index is 3920. The van der Waals surface area contributed by atoms with E-state index < -0.39 is 0 Å². The van der Waals surface area contributed by atoms with Crippen molar-refractivity contribution < 1.29 is 9.47 Å². The maximum Gasteiger partial charge on any atom is 0.252 e. The first-order chi connectivity index (χ1) is 33.7. The molecule has 0 bridgehead atoms. The van der Waals surface area contributed by atoms with Crippen LogP contribution in [0.4, 0.5) is 34.1 Å². The van der Waals surface area contributed by atoms with Gasteiger partial charge < -0.3 is 19.3 Å². The molecule has 14 rings (SSSR count). The molecule has 2 aromatic heterocycles. The molecule has 0 radical (unpaired) electrons. The zero-order valence-corrected chi connectivity index (χ0v) is 40.6. The van der Waals surface area contributed by atoms with Gasteiger partial charge in [-0.15, -0.1) is 22.7 Å². The molecule has 0 saturated heterocycles. The minimum absolute atomic E-state index is 0.0314. The number of thiophene rings is 2. The minimum atomic E-state index is -0.0558. The standard InChI is InChI=1S/C62H47BN2O2S2/c1-37-30-53-61-54(31-37)65(44-22-27-55-56(36-44)67-29-9-28-66-55)52-26-19-42(62(2,3)4)35-50(52)63(61)49-32-39(41-17-24-48-46-11-6-8-13-58(46)69-60(48)34-41)18-25-51(49)64(53)43-20-14-38(15-21-43)40-16-23-47-45-10-5-7-12-57(45)68-59(47)33-40/h5-8,10-27,30-36H,9,28-29H2,1-4H3. The Hall–Kier alpha value is -7.32. The monoisotopic (exact) mass is 926 g/mol. The van der Waals surface area contributed by atoms with Crippen LogP contribution < -0.4 is 35.7 Å². The summed E-state index contributed by atoms with van der Waals surface area (Å²) in [6.45, 7) is 10.5. The van der Waals surface area contributed by atoms with E-state index in [0.29, 0.717) is 13.2 Å². The van der Waals surface area contributed by atoms with Crippen LogP contribution in [0.25, 0.3) is 62.6 Å². The Morgan fingerprint density at radius 2 is 0.971 bits per heavy atom. The van der Waals surface area contributed by atoms with E-state index in [1.807, 2.05) is 22.7 Å². The van der Waals surface area contributed by atoms with E-state index in [0.717, 1.165) is 29.3 Å². The molecule has 5 heterocycles. The number of ether oxygens (including phenoxy) is 2. The molecule has 3 aliphatic rings. The SMILES string of the molecule is Cc1cc2c3c(c1)N(c1ccc4c(c1)OCCCO4)c1ccc(C(C)(C)C)cc1B3c1cc(-c3ccc4c(c3)sc3ccccc34)ccc1N2c1ccc(-c2ccc3c(c2)sc2ccccc23)cc1. The zero-order chi connectivity index (χ0) is 46.1. The molecular weight excluding hydrogens is 880 g/mol. The number of anilines is 6. The number of hydrogen-bond donors (Lipinski definition) is 0. The van der Waals surface area contributed by atoms with Crippen LogP contribution in [-0.2, 0) is 5.41 Å². The smallest absolute Gasteiger partial charge is 0.252 e. The fraction of sp³-hybridized carbons (Fsp3) is 0.129. The van der Waals surface area contributed by atoms with E-state index in [1.165, 1.54) is 113 Å². The van der Waals surface area contributed by atoms with Gasteiger partial charge in [0.2, 0.25) is 0 Å². The predicted octanol–water partition coefficient (Wildman–Crippen LogP) is 15.6. The summed E-state index contributed by atoms with van der Waals surface area (Å²) >= 11 is 3.75. The Balaban J connectivity index is 0.984. The van der Waals surface area contributed by atoms with Crippen molar-refractivity contribution in [1.29, 1.82) is 0 Å². The lowest BCUT2D eigenvalue weighted by Gasteiger charge is -2.45. The van der Waals surface area contributed by atoms with Crippen LogP contribution in [0.1, 0.15) is 38.3 Å². The van der Waals surface area contributed by atoms with Crippen molar-refractivity contribution in [2.45, 2.75) is 39.5 Å². The third kappa shape index (κ3) is 6.47. The molecule has 0 unspecified atom stereocenters. The Morgan fingerprint density at radius 3 is 1.64 bits per heavy atom. The summed E-state index contributed by atoms with van der Waals surface area (Å²) in [5, 5.41) is 5.28. The summed E-state index contributed by atoms with van der Waals surface area (Å²) in [4.78, 5) is 5.01. The molecular formula is C62H47BN2O2S2. The lowest BCUT2D eigenvalue weighted by Crippen LogP contribution is -2.61. The average molecular weight is 927 g/mol. The van der Waals surface area contributed by atoms with E-state index in [4.69, 9.17) is 9.47 Å². The highest BCUT2D eigenvalue weighted by Crippen LogP contribution is 2.48. The van der Waals surface area contributed by atoms with Crippen LogP contribution in [-0.4, -0.2) is 19.9 Å². The quantitative estimate of drug-likeness (QED) is 0.164. The van der Waals surface area contributed by atoms with Crippen LogP contribution in [0.5, 0.6) is 11.5 Å². The van der Waals surface area contributed by atoms with Crippen molar-refractivity contribution in [3.8, 4) is 33.8 Å².